The van der Waals surface area contributed by atoms with Gasteiger partial charge in [-0.2, -0.15) is 5.10 Å². The maximum Gasteiger partial charge on any atom is 0.0730 e. The van der Waals surface area contributed by atoms with Gasteiger partial charge in [0.25, 0.3) is 0 Å². The minimum atomic E-state index is 0.503. The lowest BCUT2D eigenvalue weighted by atomic mass is 9.96. The lowest BCUT2D eigenvalue weighted by Crippen LogP contribution is -2.23. The lowest BCUT2D eigenvalue weighted by Gasteiger charge is -2.25. The largest absolute Gasteiger partial charge is 0.396 e. The van der Waals surface area contributed by atoms with E-state index in [0.29, 0.717) is 6.10 Å². The highest BCUT2D eigenvalue weighted by Crippen LogP contribution is 2.21. The molecule has 14 heavy (non-hydrogen) atoms. The summed E-state index contributed by atoms with van der Waals surface area (Å²) in [5.74, 6) is 0. The van der Waals surface area contributed by atoms with Gasteiger partial charge in [-0.3, -0.25) is 4.68 Å². The van der Waals surface area contributed by atoms with E-state index in [0.717, 1.165) is 24.5 Å². The average Bonchev–Trinajstić information content (AvgIpc) is 2.40. The zero-order valence-electron chi connectivity index (χ0n) is 8.57. The Morgan fingerprint density at radius 2 is 2.43 bits per heavy atom. The molecule has 0 aromatic carbocycles. The quantitative estimate of drug-likeness (QED) is 0.788. The third-order valence-corrected chi connectivity index (χ3v) is 2.85. The molecule has 4 nitrogen and oxygen atoms in total. The Bertz CT molecular complexity index is 304. The molecule has 0 atom stereocenters. The van der Waals surface area contributed by atoms with Crippen LogP contribution in [-0.2, 0) is 11.3 Å². The molecule has 1 heterocycles. The van der Waals surface area contributed by atoms with E-state index >= 15 is 0 Å². The molecule has 78 valence electrons. The van der Waals surface area contributed by atoms with Crippen molar-refractivity contribution < 1.29 is 4.74 Å². The molecule has 1 aromatic rings. The number of nitrogens with two attached hydrogens (primary N) is 1. The monoisotopic (exact) mass is 195 g/mol. The lowest BCUT2D eigenvalue weighted by molar-refractivity contribution is -0.00251. The van der Waals surface area contributed by atoms with E-state index in [2.05, 4.69) is 5.10 Å². The van der Waals surface area contributed by atoms with Gasteiger partial charge in [0.05, 0.1) is 36.8 Å². The normalized spacial score (nSPS) is 16.9. The summed E-state index contributed by atoms with van der Waals surface area (Å²) in [4.78, 5) is 0. The zero-order valence-corrected chi connectivity index (χ0v) is 8.57. The Morgan fingerprint density at radius 1 is 1.64 bits per heavy atom. The summed E-state index contributed by atoms with van der Waals surface area (Å²) in [6, 6.07) is 0. The fraction of sp³-hybridized carbons (Fsp3) is 0.700. The molecule has 1 aromatic heterocycles. The van der Waals surface area contributed by atoms with Crippen LogP contribution in [0.1, 0.15) is 25.0 Å². The van der Waals surface area contributed by atoms with Gasteiger partial charge in [0, 0.05) is 0 Å². The third-order valence-electron chi connectivity index (χ3n) is 2.85. The summed E-state index contributed by atoms with van der Waals surface area (Å²) in [5.41, 5.74) is 7.47. The molecule has 1 aliphatic rings. The van der Waals surface area contributed by atoms with E-state index in [4.69, 9.17) is 10.5 Å². The van der Waals surface area contributed by atoms with Crippen molar-refractivity contribution in [3.05, 3.63) is 11.9 Å². The summed E-state index contributed by atoms with van der Waals surface area (Å²) in [5, 5.41) is 4.17. The number of hydrogen-bond donors (Lipinski definition) is 1. The van der Waals surface area contributed by atoms with Crippen LogP contribution in [0.4, 0.5) is 5.69 Å². The van der Waals surface area contributed by atoms with Gasteiger partial charge in [-0.1, -0.05) is 0 Å². The zero-order chi connectivity index (χ0) is 9.97. The number of nitrogen functional groups attached to an aromatic ring is 1. The van der Waals surface area contributed by atoms with Crippen LogP contribution >= 0.6 is 0 Å². The first-order chi connectivity index (χ1) is 6.77. The standard InChI is InChI=1S/C10H17N3O/c1-8-10(11)7-12-13(8)5-6-14-9-3-2-4-9/h7,9H,2-6,11H2,1H3. The Balaban J connectivity index is 1.76. The predicted molar refractivity (Wildman–Crippen MR) is 55.0 cm³/mol. The van der Waals surface area contributed by atoms with Crippen LogP contribution in [0, 0.1) is 6.92 Å². The highest BCUT2D eigenvalue weighted by atomic mass is 16.5. The minimum absolute atomic E-state index is 0.503. The number of hydrogen-bond acceptors (Lipinski definition) is 3. The maximum atomic E-state index is 5.69. The van der Waals surface area contributed by atoms with Gasteiger partial charge in [-0.05, 0) is 26.2 Å². The Labute approximate surface area is 84.0 Å². The van der Waals surface area contributed by atoms with Gasteiger partial charge in [-0.15, -0.1) is 0 Å². The van der Waals surface area contributed by atoms with Crippen molar-refractivity contribution in [1.29, 1.82) is 0 Å². The highest BCUT2D eigenvalue weighted by molar-refractivity contribution is 5.39. The van der Waals surface area contributed by atoms with E-state index in [1.165, 1.54) is 19.3 Å². The topological polar surface area (TPSA) is 53.1 Å². The second kappa shape index (κ2) is 4.00. The molecule has 0 radical (unpaired) electrons. The van der Waals surface area contributed by atoms with E-state index < -0.39 is 0 Å². The summed E-state index contributed by atoms with van der Waals surface area (Å²) in [6.07, 6.45) is 5.96. The molecule has 0 saturated heterocycles. The maximum absolute atomic E-state index is 5.69. The third kappa shape index (κ3) is 1.90. The fourth-order valence-corrected chi connectivity index (χ4v) is 1.53. The molecular formula is C10H17N3O. The fourth-order valence-electron chi connectivity index (χ4n) is 1.53. The Morgan fingerprint density at radius 3 is 2.93 bits per heavy atom. The number of nitrogens with zero attached hydrogens (tertiary/aromatic N) is 2. The number of rotatable bonds is 4. The van der Waals surface area contributed by atoms with Crippen LogP contribution in [-0.4, -0.2) is 22.5 Å². The Hall–Kier alpha value is -1.03. The van der Waals surface area contributed by atoms with E-state index in [9.17, 15) is 0 Å². The predicted octanol–water partition coefficient (Wildman–Crippen LogP) is 1.34. The van der Waals surface area contributed by atoms with Crippen LogP contribution in [0.3, 0.4) is 0 Å². The number of aromatic nitrogens is 2. The Kier molecular flexibility index (Phi) is 2.72. The SMILES string of the molecule is Cc1c(N)cnn1CCOC1CCC1. The van der Waals surface area contributed by atoms with Crippen LogP contribution in [0.5, 0.6) is 0 Å². The molecule has 2 N–H and O–H groups in total. The first-order valence-corrected chi connectivity index (χ1v) is 5.17. The minimum Gasteiger partial charge on any atom is -0.396 e. The number of ether oxygens (including phenoxy) is 1. The molecule has 0 spiro atoms. The van der Waals surface area contributed by atoms with E-state index in [1.54, 1.807) is 6.20 Å². The summed E-state index contributed by atoms with van der Waals surface area (Å²) >= 11 is 0. The molecule has 1 saturated carbocycles. The molecular weight excluding hydrogens is 178 g/mol. The first-order valence-electron chi connectivity index (χ1n) is 5.17. The summed E-state index contributed by atoms with van der Waals surface area (Å²) < 4.78 is 7.54. The van der Waals surface area contributed by atoms with Crippen LogP contribution in [0.25, 0.3) is 0 Å². The van der Waals surface area contributed by atoms with Gasteiger partial charge < -0.3 is 10.5 Å². The van der Waals surface area contributed by atoms with Crippen molar-refractivity contribution in [3.8, 4) is 0 Å². The van der Waals surface area contributed by atoms with Crippen molar-refractivity contribution in [2.45, 2.75) is 38.8 Å². The van der Waals surface area contributed by atoms with Gasteiger partial charge in [0.1, 0.15) is 0 Å². The summed E-state index contributed by atoms with van der Waals surface area (Å²) in [7, 11) is 0. The number of anilines is 1. The van der Waals surface area contributed by atoms with Crippen molar-refractivity contribution in [1.82, 2.24) is 9.78 Å². The molecule has 0 bridgehead atoms. The van der Waals surface area contributed by atoms with Crippen molar-refractivity contribution in [2.75, 3.05) is 12.3 Å². The molecule has 1 aliphatic carbocycles. The molecule has 0 aliphatic heterocycles. The average molecular weight is 195 g/mol. The highest BCUT2D eigenvalue weighted by Gasteiger charge is 2.17. The van der Waals surface area contributed by atoms with Gasteiger partial charge in [0.15, 0.2) is 0 Å². The summed E-state index contributed by atoms with van der Waals surface area (Å²) in [6.45, 7) is 3.53. The smallest absolute Gasteiger partial charge is 0.0730 e. The van der Waals surface area contributed by atoms with Gasteiger partial charge in [0.2, 0.25) is 0 Å². The van der Waals surface area contributed by atoms with Crippen LogP contribution < -0.4 is 5.73 Å². The molecule has 0 amide bonds. The van der Waals surface area contributed by atoms with Gasteiger partial charge in [-0.25, -0.2) is 0 Å². The van der Waals surface area contributed by atoms with Crippen molar-refractivity contribution in [3.63, 3.8) is 0 Å². The first kappa shape index (κ1) is 9.52. The van der Waals surface area contributed by atoms with Crippen LogP contribution in [0.2, 0.25) is 0 Å². The van der Waals surface area contributed by atoms with Crippen molar-refractivity contribution in [2.24, 2.45) is 0 Å². The second-order valence-corrected chi connectivity index (χ2v) is 3.83. The van der Waals surface area contributed by atoms with Crippen LogP contribution in [0.15, 0.2) is 6.20 Å². The van der Waals surface area contributed by atoms with Crippen molar-refractivity contribution >= 4 is 5.69 Å². The van der Waals surface area contributed by atoms with E-state index in [-0.39, 0.29) is 0 Å². The van der Waals surface area contributed by atoms with E-state index in [1.807, 2.05) is 11.6 Å². The molecule has 2 rings (SSSR count). The molecule has 0 unspecified atom stereocenters. The van der Waals surface area contributed by atoms with Gasteiger partial charge >= 0.3 is 0 Å². The molecule has 1 fully saturated rings. The molecule has 4 heteroatoms. The second-order valence-electron chi connectivity index (χ2n) is 3.83.